The fourth-order valence-corrected chi connectivity index (χ4v) is 2.60. The van der Waals surface area contributed by atoms with Gasteiger partial charge in [0.05, 0.1) is 6.54 Å². The number of halogens is 2. The van der Waals surface area contributed by atoms with Crippen molar-refractivity contribution in [1.29, 1.82) is 0 Å². The summed E-state index contributed by atoms with van der Waals surface area (Å²) in [7, 11) is 0. The Morgan fingerprint density at radius 1 is 1.37 bits per heavy atom. The maximum atomic E-state index is 12.3. The molecule has 5 heteroatoms. The summed E-state index contributed by atoms with van der Waals surface area (Å²) in [5.74, 6) is 1.01. The Morgan fingerprint density at radius 3 is 2.58 bits per heavy atom. The van der Waals surface area contributed by atoms with E-state index in [-0.39, 0.29) is 18.5 Å². The van der Waals surface area contributed by atoms with E-state index in [4.69, 9.17) is 0 Å². The molecule has 3 nitrogen and oxygen atoms in total. The molecule has 0 bridgehead atoms. The number of piperidine rings is 1. The molecule has 1 saturated heterocycles. The van der Waals surface area contributed by atoms with Crippen molar-refractivity contribution in [3.05, 3.63) is 0 Å². The highest BCUT2D eigenvalue weighted by atomic mass is 19.3. The van der Waals surface area contributed by atoms with Crippen LogP contribution in [0.3, 0.4) is 0 Å². The molecule has 0 aromatic carbocycles. The molecule has 1 fully saturated rings. The van der Waals surface area contributed by atoms with Crippen molar-refractivity contribution in [1.82, 2.24) is 10.2 Å². The van der Waals surface area contributed by atoms with Gasteiger partial charge < -0.3 is 10.2 Å². The molecule has 2 unspecified atom stereocenters. The number of carbonyl (C=O) groups excluding carboxylic acids is 1. The van der Waals surface area contributed by atoms with Gasteiger partial charge in [-0.15, -0.1) is 0 Å². The molecule has 1 N–H and O–H groups in total. The van der Waals surface area contributed by atoms with Gasteiger partial charge in [0, 0.05) is 25.6 Å². The van der Waals surface area contributed by atoms with E-state index in [1.165, 1.54) is 0 Å². The third-order valence-corrected chi connectivity index (χ3v) is 3.80. The van der Waals surface area contributed by atoms with Gasteiger partial charge >= 0.3 is 0 Å². The molecule has 0 aliphatic carbocycles. The number of nitrogens with zero attached hydrogens (tertiary/aromatic N) is 1. The predicted octanol–water partition coefficient (Wildman–Crippen LogP) is 2.51. The van der Waals surface area contributed by atoms with Crippen LogP contribution in [0.5, 0.6) is 0 Å². The average molecular weight is 276 g/mol. The van der Waals surface area contributed by atoms with E-state index in [9.17, 15) is 13.6 Å². The third kappa shape index (κ3) is 5.43. The Hall–Kier alpha value is -0.710. The van der Waals surface area contributed by atoms with Crippen LogP contribution in [0.2, 0.25) is 0 Å². The minimum absolute atomic E-state index is 0.00374. The lowest BCUT2D eigenvalue weighted by Crippen LogP contribution is -2.52. The lowest BCUT2D eigenvalue weighted by Gasteiger charge is -2.40. The summed E-state index contributed by atoms with van der Waals surface area (Å²) in [5.41, 5.74) is 0. The van der Waals surface area contributed by atoms with Crippen LogP contribution in [0.4, 0.5) is 8.78 Å². The Labute approximate surface area is 114 Å². The van der Waals surface area contributed by atoms with Crippen LogP contribution in [-0.2, 0) is 4.79 Å². The molecule has 0 aromatic heterocycles. The second-order valence-electron chi connectivity index (χ2n) is 5.78. The van der Waals surface area contributed by atoms with Crippen molar-refractivity contribution in [2.75, 3.05) is 19.6 Å². The van der Waals surface area contributed by atoms with Gasteiger partial charge in [0.1, 0.15) is 0 Å². The topological polar surface area (TPSA) is 32.3 Å². The summed E-state index contributed by atoms with van der Waals surface area (Å²) >= 11 is 0. The average Bonchev–Trinajstić information content (AvgIpc) is 2.36. The lowest BCUT2D eigenvalue weighted by molar-refractivity contribution is -0.134. The zero-order chi connectivity index (χ0) is 14.4. The number of alkyl halides is 2. The summed E-state index contributed by atoms with van der Waals surface area (Å²) in [4.78, 5) is 13.8. The van der Waals surface area contributed by atoms with Crippen LogP contribution in [-0.4, -0.2) is 42.9 Å². The molecule has 1 heterocycles. The first-order valence-corrected chi connectivity index (χ1v) is 7.23. The number of rotatable bonds is 6. The number of likely N-dealkylation sites (tertiary alicyclic amines) is 1. The van der Waals surface area contributed by atoms with Crippen molar-refractivity contribution in [3.8, 4) is 0 Å². The number of nitrogens with one attached hydrogen (secondary N) is 1. The zero-order valence-corrected chi connectivity index (χ0v) is 12.2. The normalized spacial score (nSPS) is 24.3. The van der Waals surface area contributed by atoms with Gasteiger partial charge in [-0.1, -0.05) is 20.8 Å². The second kappa shape index (κ2) is 7.78. The Kier molecular flexibility index (Phi) is 6.69. The largest absolute Gasteiger partial charge is 0.341 e. The van der Waals surface area contributed by atoms with E-state index in [1.54, 1.807) is 0 Å². The van der Waals surface area contributed by atoms with Crippen LogP contribution in [0, 0.1) is 11.8 Å². The molecule has 1 aliphatic heterocycles. The van der Waals surface area contributed by atoms with Crippen molar-refractivity contribution in [2.24, 2.45) is 11.8 Å². The maximum absolute atomic E-state index is 12.3. The second-order valence-corrected chi connectivity index (χ2v) is 5.78. The summed E-state index contributed by atoms with van der Waals surface area (Å²) in [6, 6.07) is -0.00374. The lowest BCUT2D eigenvalue weighted by atomic mass is 9.85. The fourth-order valence-electron chi connectivity index (χ4n) is 2.60. The maximum Gasteiger partial charge on any atom is 0.250 e. The van der Waals surface area contributed by atoms with Crippen LogP contribution < -0.4 is 5.32 Å². The molecule has 0 saturated carbocycles. The van der Waals surface area contributed by atoms with E-state index in [2.05, 4.69) is 19.2 Å². The highest BCUT2D eigenvalue weighted by molar-refractivity contribution is 5.76. The Balaban J connectivity index is 2.59. The van der Waals surface area contributed by atoms with Crippen molar-refractivity contribution in [2.45, 2.75) is 52.5 Å². The fraction of sp³-hybridized carbons (Fsp3) is 0.929. The minimum atomic E-state index is -2.33. The quantitative estimate of drug-likeness (QED) is 0.808. The summed E-state index contributed by atoms with van der Waals surface area (Å²) in [5, 5.41) is 2.89. The molecule has 19 heavy (non-hydrogen) atoms. The number of carbonyl (C=O) groups is 1. The first kappa shape index (κ1) is 16.3. The van der Waals surface area contributed by atoms with Gasteiger partial charge in [-0.2, -0.15) is 0 Å². The van der Waals surface area contributed by atoms with Gasteiger partial charge in [0.2, 0.25) is 5.91 Å². The molecule has 1 aliphatic rings. The molecule has 2 atom stereocenters. The van der Waals surface area contributed by atoms with E-state index in [0.29, 0.717) is 24.8 Å². The monoisotopic (exact) mass is 276 g/mol. The first-order valence-electron chi connectivity index (χ1n) is 7.23. The molecular weight excluding hydrogens is 250 g/mol. The van der Waals surface area contributed by atoms with Gasteiger partial charge in [-0.3, -0.25) is 4.79 Å². The molecular formula is C14H26F2N2O. The molecule has 0 spiro atoms. The third-order valence-electron chi connectivity index (χ3n) is 3.80. The SMILES string of the molecule is CCCC(=O)N1CC(NCC(F)F)CC(C(C)C)C1. The summed E-state index contributed by atoms with van der Waals surface area (Å²) in [6.45, 7) is 7.28. The van der Waals surface area contributed by atoms with E-state index in [1.807, 2.05) is 11.8 Å². The standard InChI is InChI=1S/C14H26F2N2O/c1-4-5-14(19)18-8-11(10(2)3)6-12(9-18)17-7-13(15)16/h10-13,17H,4-9H2,1-3H3. The van der Waals surface area contributed by atoms with Crippen molar-refractivity contribution in [3.63, 3.8) is 0 Å². The molecule has 0 aromatic rings. The van der Waals surface area contributed by atoms with Gasteiger partial charge in [-0.25, -0.2) is 8.78 Å². The molecule has 1 amide bonds. The highest BCUT2D eigenvalue weighted by Gasteiger charge is 2.31. The molecule has 0 radical (unpaired) electrons. The zero-order valence-electron chi connectivity index (χ0n) is 12.2. The number of amides is 1. The highest BCUT2D eigenvalue weighted by Crippen LogP contribution is 2.24. The minimum Gasteiger partial charge on any atom is -0.341 e. The summed E-state index contributed by atoms with van der Waals surface area (Å²) < 4.78 is 24.6. The Morgan fingerprint density at radius 2 is 2.05 bits per heavy atom. The Bertz CT molecular complexity index is 285. The van der Waals surface area contributed by atoms with Crippen LogP contribution in [0.25, 0.3) is 0 Å². The van der Waals surface area contributed by atoms with E-state index < -0.39 is 6.43 Å². The first-order chi connectivity index (χ1) is 8.93. The predicted molar refractivity (Wildman–Crippen MR) is 72.2 cm³/mol. The van der Waals surface area contributed by atoms with E-state index in [0.717, 1.165) is 19.4 Å². The smallest absolute Gasteiger partial charge is 0.250 e. The van der Waals surface area contributed by atoms with Crippen LogP contribution >= 0.6 is 0 Å². The molecule has 1 rings (SSSR count). The van der Waals surface area contributed by atoms with Crippen LogP contribution in [0.15, 0.2) is 0 Å². The summed E-state index contributed by atoms with van der Waals surface area (Å²) in [6.07, 6.45) is -0.0806. The number of hydrogen-bond donors (Lipinski definition) is 1. The van der Waals surface area contributed by atoms with Crippen molar-refractivity contribution >= 4 is 5.91 Å². The van der Waals surface area contributed by atoms with Gasteiger partial charge in [0.15, 0.2) is 0 Å². The molecule has 112 valence electrons. The number of hydrogen-bond acceptors (Lipinski definition) is 2. The van der Waals surface area contributed by atoms with Crippen molar-refractivity contribution < 1.29 is 13.6 Å². The van der Waals surface area contributed by atoms with E-state index >= 15 is 0 Å². The van der Waals surface area contributed by atoms with Crippen LogP contribution in [0.1, 0.15) is 40.0 Å². The van der Waals surface area contributed by atoms with Gasteiger partial charge in [-0.05, 0) is 24.7 Å². The van der Waals surface area contributed by atoms with Gasteiger partial charge in [0.25, 0.3) is 6.43 Å².